The number of halogens is 1. The molecule has 178 valence electrons. The molecule has 1 aliphatic carbocycles. The number of rotatable bonds is 5. The Morgan fingerprint density at radius 3 is 2.74 bits per heavy atom. The van der Waals surface area contributed by atoms with E-state index in [2.05, 4.69) is 21.5 Å². The summed E-state index contributed by atoms with van der Waals surface area (Å²) >= 11 is 7.14. The van der Waals surface area contributed by atoms with Gasteiger partial charge in [-0.2, -0.15) is 4.37 Å². The Morgan fingerprint density at radius 1 is 1.29 bits per heavy atom. The van der Waals surface area contributed by atoms with E-state index in [4.69, 9.17) is 30.9 Å². The number of benzene rings is 1. The minimum atomic E-state index is -0.954. The molecular formula is C24H18ClN3O6S. The number of hydrogen-bond acceptors (Lipinski definition) is 8. The third-order valence-electron chi connectivity index (χ3n) is 5.72. The van der Waals surface area contributed by atoms with Crippen molar-refractivity contribution >= 4 is 57.1 Å². The summed E-state index contributed by atoms with van der Waals surface area (Å²) in [5, 5.41) is 13.4. The van der Waals surface area contributed by atoms with Gasteiger partial charge in [0.05, 0.1) is 5.39 Å². The molecule has 0 saturated heterocycles. The van der Waals surface area contributed by atoms with Crippen molar-refractivity contribution in [3.8, 4) is 11.8 Å². The largest absolute Gasteiger partial charge is 0.480 e. The van der Waals surface area contributed by atoms with Crippen LogP contribution in [0.25, 0.3) is 11.2 Å². The molecule has 1 saturated carbocycles. The van der Waals surface area contributed by atoms with Gasteiger partial charge in [-0.05, 0) is 55.3 Å². The van der Waals surface area contributed by atoms with Crippen LogP contribution in [0.3, 0.4) is 0 Å². The van der Waals surface area contributed by atoms with E-state index in [0.717, 1.165) is 11.5 Å². The Labute approximate surface area is 208 Å². The molecule has 5 rings (SSSR count). The fraction of sp³-hybridized carbons (Fsp3) is 0.208. The highest BCUT2D eigenvalue weighted by Crippen LogP contribution is 2.50. The maximum Gasteiger partial charge on any atom is 0.412 e. The summed E-state index contributed by atoms with van der Waals surface area (Å²) < 4.78 is 20.8. The lowest BCUT2D eigenvalue weighted by molar-refractivity contribution is -0.140. The Hall–Kier alpha value is -3.94. The van der Waals surface area contributed by atoms with Gasteiger partial charge in [0.15, 0.2) is 11.5 Å². The van der Waals surface area contributed by atoms with Crippen LogP contribution in [0.2, 0.25) is 5.02 Å². The number of ether oxygens (including phenoxy) is 1. The summed E-state index contributed by atoms with van der Waals surface area (Å²) in [6.07, 6.45) is -0.259. The number of carboxylic acid groups (broad SMARTS) is 1. The second-order valence-electron chi connectivity index (χ2n) is 8.07. The smallest absolute Gasteiger partial charge is 0.412 e. The molecule has 35 heavy (non-hydrogen) atoms. The van der Waals surface area contributed by atoms with Crippen LogP contribution in [0.1, 0.15) is 48.6 Å². The number of carbonyl (C=O) groups excluding carboxylic acids is 1. The van der Waals surface area contributed by atoms with Gasteiger partial charge in [-0.3, -0.25) is 10.1 Å². The molecule has 0 spiro atoms. The van der Waals surface area contributed by atoms with Gasteiger partial charge in [0, 0.05) is 16.7 Å². The zero-order valence-electron chi connectivity index (χ0n) is 18.3. The van der Waals surface area contributed by atoms with Crippen molar-refractivity contribution in [2.24, 2.45) is 0 Å². The predicted molar refractivity (Wildman–Crippen MR) is 130 cm³/mol. The standard InChI is InChI=1S/C24H18ClN3O6S/c1-12(15-4-2-3-5-16(15)25)32-23(31)27-19-17(28-35-20(19)26)7-6-14-10-13-11-18(34-21(13)33-14)24(8-9-24)22(29)30/h2-5,10-12H,8-9,26H2,1H3,(H,27,31)(H,29,30). The number of nitrogens with one attached hydrogen (secondary N) is 1. The second kappa shape index (κ2) is 8.69. The molecule has 3 aromatic heterocycles. The van der Waals surface area contributed by atoms with Crippen molar-refractivity contribution < 1.29 is 28.3 Å². The molecule has 4 aromatic rings. The summed E-state index contributed by atoms with van der Waals surface area (Å²) in [5.41, 5.74) is 6.15. The number of anilines is 2. The zero-order chi connectivity index (χ0) is 24.7. The van der Waals surface area contributed by atoms with Crippen molar-refractivity contribution in [3.63, 3.8) is 0 Å². The Balaban J connectivity index is 1.30. The highest BCUT2D eigenvalue weighted by atomic mass is 35.5. The van der Waals surface area contributed by atoms with E-state index in [1.165, 1.54) is 0 Å². The topological polar surface area (TPSA) is 141 Å². The molecule has 9 nitrogen and oxygen atoms in total. The van der Waals surface area contributed by atoms with Crippen molar-refractivity contribution in [2.75, 3.05) is 11.1 Å². The second-order valence-corrected chi connectivity index (χ2v) is 9.28. The first-order valence-electron chi connectivity index (χ1n) is 10.5. The third-order valence-corrected chi connectivity index (χ3v) is 6.74. The molecule has 1 amide bonds. The number of aliphatic carboxylic acids is 1. The number of nitrogens with two attached hydrogens (primary N) is 1. The van der Waals surface area contributed by atoms with Gasteiger partial charge >= 0.3 is 12.1 Å². The van der Waals surface area contributed by atoms with Crippen molar-refractivity contribution in [1.82, 2.24) is 4.37 Å². The number of aromatic nitrogens is 1. The lowest BCUT2D eigenvalue weighted by Crippen LogP contribution is -2.18. The lowest BCUT2D eigenvalue weighted by Gasteiger charge is -2.15. The average Bonchev–Trinajstić information content (AvgIpc) is 3.25. The summed E-state index contributed by atoms with van der Waals surface area (Å²) in [6, 6.07) is 10.4. The number of nitrogens with zero attached hydrogens (tertiary/aromatic N) is 1. The lowest BCUT2D eigenvalue weighted by atomic mass is 10.0. The number of fused-ring (bicyclic) bond motifs is 1. The Bertz CT molecular complexity index is 1490. The van der Waals surface area contributed by atoms with Gasteiger partial charge in [-0.1, -0.05) is 29.8 Å². The highest BCUT2D eigenvalue weighted by molar-refractivity contribution is 7.10. The first-order valence-corrected chi connectivity index (χ1v) is 11.7. The summed E-state index contributed by atoms with van der Waals surface area (Å²) in [5.74, 6) is 5.60. The zero-order valence-corrected chi connectivity index (χ0v) is 19.8. The minimum absolute atomic E-state index is 0.199. The van der Waals surface area contributed by atoms with E-state index in [9.17, 15) is 14.7 Å². The maximum absolute atomic E-state index is 12.5. The molecule has 0 aliphatic heterocycles. The van der Waals surface area contributed by atoms with Gasteiger partial charge in [0.1, 0.15) is 28.0 Å². The number of amides is 1. The minimum Gasteiger partial charge on any atom is -0.480 e. The van der Waals surface area contributed by atoms with Gasteiger partial charge in [-0.15, -0.1) is 0 Å². The van der Waals surface area contributed by atoms with E-state index in [1.807, 2.05) is 0 Å². The van der Waals surface area contributed by atoms with E-state index < -0.39 is 23.6 Å². The van der Waals surface area contributed by atoms with Crippen LogP contribution in [0.5, 0.6) is 0 Å². The first-order chi connectivity index (χ1) is 16.8. The number of nitrogen functional groups attached to an aromatic ring is 1. The SMILES string of the molecule is CC(OC(=O)Nc1c(C#Cc2cc3cc(C4(C(=O)O)CC4)oc3o2)nsc1N)c1ccccc1Cl. The average molecular weight is 512 g/mol. The van der Waals surface area contributed by atoms with Crippen LogP contribution >= 0.6 is 23.1 Å². The van der Waals surface area contributed by atoms with Gasteiger partial charge < -0.3 is 24.4 Å². The summed E-state index contributed by atoms with van der Waals surface area (Å²) in [7, 11) is 0. The fourth-order valence-corrected chi connectivity index (χ4v) is 4.47. The number of carbonyl (C=O) groups is 2. The number of hydrogen-bond donors (Lipinski definition) is 3. The van der Waals surface area contributed by atoms with E-state index in [-0.39, 0.29) is 27.9 Å². The van der Waals surface area contributed by atoms with Crippen LogP contribution in [0.15, 0.2) is 45.2 Å². The van der Waals surface area contributed by atoms with Gasteiger partial charge in [0.2, 0.25) is 0 Å². The van der Waals surface area contributed by atoms with E-state index in [1.54, 1.807) is 43.3 Å². The summed E-state index contributed by atoms with van der Waals surface area (Å²) in [6.45, 7) is 1.70. The van der Waals surface area contributed by atoms with Crippen LogP contribution in [-0.2, 0) is 14.9 Å². The summed E-state index contributed by atoms with van der Waals surface area (Å²) in [4.78, 5) is 23.9. The van der Waals surface area contributed by atoms with Crippen LogP contribution in [-0.4, -0.2) is 21.5 Å². The monoisotopic (exact) mass is 511 g/mol. The molecular weight excluding hydrogens is 494 g/mol. The number of carboxylic acids is 1. The van der Waals surface area contributed by atoms with E-state index in [0.29, 0.717) is 34.6 Å². The van der Waals surface area contributed by atoms with Crippen LogP contribution in [0, 0.1) is 11.8 Å². The fourth-order valence-electron chi connectivity index (χ4n) is 3.62. The number of furan rings is 2. The molecule has 1 unspecified atom stereocenters. The normalized spacial score (nSPS) is 14.7. The van der Waals surface area contributed by atoms with Gasteiger partial charge in [-0.25, -0.2) is 4.79 Å². The molecule has 1 aliphatic rings. The maximum atomic E-state index is 12.5. The molecule has 0 radical (unpaired) electrons. The molecule has 0 bridgehead atoms. The van der Waals surface area contributed by atoms with Crippen LogP contribution in [0.4, 0.5) is 15.5 Å². The van der Waals surface area contributed by atoms with E-state index >= 15 is 0 Å². The molecule has 1 fully saturated rings. The highest BCUT2D eigenvalue weighted by Gasteiger charge is 2.54. The molecule has 1 aromatic carbocycles. The predicted octanol–water partition coefficient (Wildman–Crippen LogP) is 5.54. The van der Waals surface area contributed by atoms with Gasteiger partial charge in [0.25, 0.3) is 5.78 Å². The third kappa shape index (κ3) is 4.32. The quantitative estimate of drug-likeness (QED) is 0.296. The molecule has 11 heteroatoms. The Kier molecular flexibility index (Phi) is 5.67. The molecule has 1 atom stereocenters. The Morgan fingerprint density at radius 2 is 2.06 bits per heavy atom. The first kappa shape index (κ1) is 22.8. The van der Waals surface area contributed by atoms with Crippen molar-refractivity contribution in [2.45, 2.75) is 31.3 Å². The van der Waals surface area contributed by atoms with Crippen LogP contribution < -0.4 is 11.1 Å². The van der Waals surface area contributed by atoms with Crippen molar-refractivity contribution in [1.29, 1.82) is 0 Å². The molecule has 3 heterocycles. The van der Waals surface area contributed by atoms with Crippen molar-refractivity contribution in [3.05, 3.63) is 64.2 Å². The molecule has 4 N–H and O–H groups in total.